The topological polar surface area (TPSA) is 64.4 Å². The summed E-state index contributed by atoms with van der Waals surface area (Å²) in [4.78, 5) is 15.2. The summed E-state index contributed by atoms with van der Waals surface area (Å²) in [7, 11) is -1.87. The number of aromatic carboxylic acids is 1. The summed E-state index contributed by atoms with van der Waals surface area (Å²) < 4.78 is 8.30. The van der Waals surface area contributed by atoms with Gasteiger partial charge in [-0.2, -0.15) is 0 Å². The van der Waals surface area contributed by atoms with E-state index in [0.717, 1.165) is 12.8 Å². The third-order valence-electron chi connectivity index (χ3n) is 5.29. The summed E-state index contributed by atoms with van der Waals surface area (Å²) in [5.74, 6) is -1.00. The van der Waals surface area contributed by atoms with Crippen LogP contribution in [-0.4, -0.2) is 35.6 Å². The smallest absolute Gasteiger partial charge is 0.356 e. The summed E-state index contributed by atoms with van der Waals surface area (Å²) in [5, 5.41) is 9.29. The molecule has 0 aliphatic heterocycles. The van der Waals surface area contributed by atoms with Gasteiger partial charge in [0.25, 0.3) is 0 Å². The van der Waals surface area contributed by atoms with Crippen LogP contribution in [0.5, 0.6) is 0 Å². The highest BCUT2D eigenvalue weighted by molar-refractivity contribution is 6.74. The van der Waals surface area contributed by atoms with Crippen molar-refractivity contribution in [3.8, 4) is 0 Å². The Balaban J connectivity index is 2.13. The number of benzene rings is 1. The summed E-state index contributed by atoms with van der Waals surface area (Å²) in [6.45, 7) is 11.7. The molecular formula is C20H30N2O3Si. The maximum Gasteiger partial charge on any atom is 0.356 e. The molecule has 0 amide bonds. The molecule has 0 saturated heterocycles. The largest absolute Gasteiger partial charge is 0.476 e. The number of aromatic nitrogens is 2. The van der Waals surface area contributed by atoms with E-state index in [2.05, 4.69) is 51.0 Å². The highest BCUT2D eigenvalue weighted by Crippen LogP contribution is 2.37. The number of carboxylic acids is 1. The monoisotopic (exact) mass is 374 g/mol. The van der Waals surface area contributed by atoms with Crippen LogP contribution in [0.2, 0.25) is 18.1 Å². The number of nitrogens with zero attached hydrogens (tertiary/aromatic N) is 2. The predicted octanol–water partition coefficient (Wildman–Crippen LogP) is 4.78. The zero-order valence-electron chi connectivity index (χ0n) is 16.4. The maximum atomic E-state index is 11.2. The van der Waals surface area contributed by atoms with Crippen molar-refractivity contribution in [2.45, 2.75) is 57.8 Å². The predicted molar refractivity (Wildman–Crippen MR) is 106 cm³/mol. The highest BCUT2D eigenvalue weighted by Gasteiger charge is 2.37. The molecular weight excluding hydrogens is 344 g/mol. The van der Waals surface area contributed by atoms with Crippen LogP contribution < -0.4 is 0 Å². The summed E-state index contributed by atoms with van der Waals surface area (Å²) in [6.07, 6.45) is 4.99. The Labute approximate surface area is 157 Å². The molecule has 1 aromatic carbocycles. The summed E-state index contributed by atoms with van der Waals surface area (Å²) in [6, 6.07) is 10.4. The van der Waals surface area contributed by atoms with E-state index in [-0.39, 0.29) is 16.8 Å². The van der Waals surface area contributed by atoms with Crippen molar-refractivity contribution >= 4 is 14.3 Å². The second-order valence-electron chi connectivity index (χ2n) is 8.26. The number of imidazole rings is 1. The molecule has 1 unspecified atom stereocenters. The van der Waals surface area contributed by atoms with Crippen LogP contribution in [0.4, 0.5) is 0 Å². The summed E-state index contributed by atoms with van der Waals surface area (Å²) >= 11 is 0. The number of hydrogen-bond acceptors (Lipinski definition) is 3. The molecule has 1 atom stereocenters. The van der Waals surface area contributed by atoms with E-state index in [1.165, 1.54) is 5.56 Å². The maximum absolute atomic E-state index is 11.2. The van der Waals surface area contributed by atoms with Crippen LogP contribution in [0, 0.1) is 0 Å². The average molecular weight is 375 g/mol. The van der Waals surface area contributed by atoms with Crippen molar-refractivity contribution in [3.63, 3.8) is 0 Å². The van der Waals surface area contributed by atoms with E-state index < -0.39 is 14.3 Å². The van der Waals surface area contributed by atoms with E-state index in [9.17, 15) is 4.79 Å². The molecule has 0 aliphatic carbocycles. The van der Waals surface area contributed by atoms with Gasteiger partial charge < -0.3 is 14.1 Å². The number of rotatable bonds is 8. The van der Waals surface area contributed by atoms with Gasteiger partial charge in [-0.05, 0) is 36.5 Å². The fraction of sp³-hybridized carbons (Fsp3) is 0.500. The van der Waals surface area contributed by atoms with Gasteiger partial charge in [0, 0.05) is 6.20 Å². The first-order valence-corrected chi connectivity index (χ1v) is 12.0. The van der Waals surface area contributed by atoms with Gasteiger partial charge in [-0.25, -0.2) is 9.78 Å². The van der Waals surface area contributed by atoms with Crippen molar-refractivity contribution in [2.75, 3.05) is 6.61 Å². The van der Waals surface area contributed by atoms with Crippen molar-refractivity contribution < 1.29 is 14.3 Å². The molecule has 1 N–H and O–H groups in total. The Morgan fingerprint density at radius 1 is 1.27 bits per heavy atom. The molecule has 5 nitrogen and oxygen atoms in total. The Morgan fingerprint density at radius 3 is 2.46 bits per heavy atom. The van der Waals surface area contributed by atoms with E-state index in [1.54, 1.807) is 12.5 Å². The van der Waals surface area contributed by atoms with Crippen LogP contribution in [0.3, 0.4) is 0 Å². The molecule has 2 rings (SSSR count). The van der Waals surface area contributed by atoms with Gasteiger partial charge in [-0.15, -0.1) is 0 Å². The van der Waals surface area contributed by atoms with E-state index in [4.69, 9.17) is 9.53 Å². The molecule has 1 heterocycles. The molecule has 0 bridgehead atoms. The Hall–Kier alpha value is -1.92. The molecule has 26 heavy (non-hydrogen) atoms. The Kier molecular flexibility index (Phi) is 6.42. The fourth-order valence-corrected chi connectivity index (χ4v) is 3.51. The van der Waals surface area contributed by atoms with Crippen molar-refractivity contribution in [3.05, 3.63) is 54.1 Å². The second-order valence-corrected chi connectivity index (χ2v) is 13.1. The average Bonchev–Trinajstić information content (AvgIpc) is 3.05. The van der Waals surface area contributed by atoms with Gasteiger partial charge in [-0.3, -0.25) is 0 Å². The van der Waals surface area contributed by atoms with Crippen LogP contribution >= 0.6 is 0 Å². The first-order chi connectivity index (χ1) is 12.1. The SMILES string of the molecule is CC(C)(C)[Si](C)(C)OCC(CCc1ccccc1)n1cnc(C(=O)O)c1. The van der Waals surface area contributed by atoms with Crippen molar-refractivity contribution in [2.24, 2.45) is 0 Å². The first kappa shape index (κ1) is 20.4. The number of carboxylic acid groups (broad SMARTS) is 1. The molecule has 2 aromatic rings. The van der Waals surface area contributed by atoms with E-state index in [1.807, 2.05) is 22.8 Å². The molecule has 0 saturated carbocycles. The Morgan fingerprint density at radius 2 is 1.92 bits per heavy atom. The van der Waals surface area contributed by atoms with Crippen molar-refractivity contribution in [1.29, 1.82) is 0 Å². The molecule has 1 aromatic heterocycles. The minimum atomic E-state index is -1.87. The zero-order chi connectivity index (χ0) is 19.4. The van der Waals surface area contributed by atoms with Gasteiger partial charge in [0.2, 0.25) is 0 Å². The molecule has 0 radical (unpaired) electrons. The van der Waals surface area contributed by atoms with Crippen LogP contribution in [0.25, 0.3) is 0 Å². The summed E-state index contributed by atoms with van der Waals surface area (Å²) in [5.41, 5.74) is 1.34. The minimum Gasteiger partial charge on any atom is -0.476 e. The highest BCUT2D eigenvalue weighted by atomic mass is 28.4. The third-order valence-corrected chi connectivity index (χ3v) is 9.79. The number of carbonyl (C=O) groups is 1. The molecule has 0 aliphatic rings. The second kappa shape index (κ2) is 8.18. The lowest BCUT2D eigenvalue weighted by atomic mass is 10.1. The molecule has 0 fully saturated rings. The lowest BCUT2D eigenvalue weighted by Gasteiger charge is -2.37. The normalized spacial score (nSPS) is 13.6. The fourth-order valence-electron chi connectivity index (χ4n) is 2.46. The lowest BCUT2D eigenvalue weighted by Crippen LogP contribution is -2.42. The van der Waals surface area contributed by atoms with Gasteiger partial charge in [0.05, 0.1) is 19.0 Å². The van der Waals surface area contributed by atoms with Gasteiger partial charge in [0.1, 0.15) is 0 Å². The lowest BCUT2D eigenvalue weighted by molar-refractivity contribution is 0.0690. The standard InChI is InChI=1S/C20H30N2O3Si/c1-20(2,3)26(4,5)25-14-17(12-11-16-9-7-6-8-10-16)22-13-18(19(23)24)21-15-22/h6-10,13,15,17H,11-12,14H2,1-5H3,(H,23,24). The third kappa shape index (κ3) is 5.29. The first-order valence-electron chi connectivity index (χ1n) is 9.05. The van der Waals surface area contributed by atoms with Crippen LogP contribution in [0.15, 0.2) is 42.9 Å². The van der Waals surface area contributed by atoms with Crippen LogP contribution in [0.1, 0.15) is 49.3 Å². The van der Waals surface area contributed by atoms with Crippen LogP contribution in [-0.2, 0) is 10.8 Å². The number of aryl methyl sites for hydroxylation is 1. The number of hydrogen-bond donors (Lipinski definition) is 1. The molecule has 142 valence electrons. The molecule has 0 spiro atoms. The van der Waals surface area contributed by atoms with Gasteiger partial charge in [0.15, 0.2) is 14.0 Å². The zero-order valence-corrected chi connectivity index (χ0v) is 17.4. The van der Waals surface area contributed by atoms with Gasteiger partial charge >= 0.3 is 5.97 Å². The van der Waals surface area contributed by atoms with E-state index in [0.29, 0.717) is 6.61 Å². The van der Waals surface area contributed by atoms with E-state index >= 15 is 0 Å². The minimum absolute atomic E-state index is 0.0601. The Bertz CT molecular complexity index is 720. The molecule has 6 heteroatoms. The quantitative estimate of drug-likeness (QED) is 0.676. The van der Waals surface area contributed by atoms with Crippen molar-refractivity contribution in [1.82, 2.24) is 9.55 Å². The van der Waals surface area contributed by atoms with Gasteiger partial charge in [-0.1, -0.05) is 51.1 Å².